The molecule has 0 atom stereocenters. The number of hydrogen-bond acceptors (Lipinski definition) is 2. The third kappa shape index (κ3) is 2.54. The number of imidazole rings is 1. The van der Waals surface area contributed by atoms with E-state index in [1.54, 1.807) is 0 Å². The van der Waals surface area contributed by atoms with Crippen LogP contribution in [0.4, 0.5) is 0 Å². The molecular formula is C15H24N2OSi. The van der Waals surface area contributed by atoms with Gasteiger partial charge < -0.3 is 8.99 Å². The molecule has 2 rings (SSSR count). The standard InChI is InChI=1S/C15H24N2OSi/c1-11-16-13-10-12(8-9-14(13)17(11)5)18-19(6,7)15(2,3)4/h8-10H,1-7H3. The van der Waals surface area contributed by atoms with Crippen molar-refractivity contribution in [2.45, 2.75) is 45.8 Å². The van der Waals surface area contributed by atoms with Gasteiger partial charge in [-0.25, -0.2) is 4.98 Å². The van der Waals surface area contributed by atoms with Crippen LogP contribution < -0.4 is 4.43 Å². The van der Waals surface area contributed by atoms with Gasteiger partial charge in [0.15, 0.2) is 0 Å². The van der Waals surface area contributed by atoms with Crippen molar-refractivity contribution < 1.29 is 4.43 Å². The lowest BCUT2D eigenvalue weighted by Crippen LogP contribution is -2.43. The minimum Gasteiger partial charge on any atom is -0.543 e. The molecule has 0 saturated heterocycles. The van der Waals surface area contributed by atoms with Crippen LogP contribution in [0.2, 0.25) is 18.1 Å². The molecule has 4 heteroatoms. The Hall–Kier alpha value is -1.29. The summed E-state index contributed by atoms with van der Waals surface area (Å²) in [4.78, 5) is 4.56. The van der Waals surface area contributed by atoms with E-state index in [0.717, 1.165) is 22.6 Å². The van der Waals surface area contributed by atoms with Crippen LogP contribution in [0.3, 0.4) is 0 Å². The molecule has 0 saturated carbocycles. The van der Waals surface area contributed by atoms with E-state index in [0.29, 0.717) is 0 Å². The van der Waals surface area contributed by atoms with Gasteiger partial charge in [0.1, 0.15) is 11.6 Å². The molecule has 1 heterocycles. The predicted molar refractivity (Wildman–Crippen MR) is 83.3 cm³/mol. The topological polar surface area (TPSA) is 27.1 Å². The van der Waals surface area contributed by atoms with Gasteiger partial charge in [0.05, 0.1) is 11.0 Å². The first-order valence-electron chi connectivity index (χ1n) is 6.74. The van der Waals surface area contributed by atoms with E-state index >= 15 is 0 Å². The van der Waals surface area contributed by atoms with Crippen LogP contribution in [0.25, 0.3) is 11.0 Å². The minimum absolute atomic E-state index is 0.210. The average Bonchev–Trinajstić information content (AvgIpc) is 2.52. The number of hydrogen-bond donors (Lipinski definition) is 0. The van der Waals surface area contributed by atoms with Crippen molar-refractivity contribution in [3.8, 4) is 5.75 Å². The fourth-order valence-corrected chi connectivity index (χ4v) is 2.83. The number of nitrogens with zero attached hydrogens (tertiary/aromatic N) is 2. The molecule has 0 bridgehead atoms. The Balaban J connectivity index is 2.37. The Morgan fingerprint density at radius 2 is 1.84 bits per heavy atom. The summed E-state index contributed by atoms with van der Waals surface area (Å²) in [7, 11) is 0.266. The maximum atomic E-state index is 6.31. The van der Waals surface area contributed by atoms with Gasteiger partial charge in [-0.2, -0.15) is 0 Å². The fraction of sp³-hybridized carbons (Fsp3) is 0.533. The summed E-state index contributed by atoms with van der Waals surface area (Å²) < 4.78 is 8.42. The van der Waals surface area contributed by atoms with Crippen LogP contribution in [-0.2, 0) is 7.05 Å². The minimum atomic E-state index is -1.77. The highest BCUT2D eigenvalue weighted by Gasteiger charge is 2.39. The molecule has 0 fully saturated rings. The Morgan fingerprint density at radius 3 is 2.42 bits per heavy atom. The largest absolute Gasteiger partial charge is 0.543 e. The maximum absolute atomic E-state index is 6.31. The van der Waals surface area contributed by atoms with Gasteiger partial charge in [-0.3, -0.25) is 0 Å². The zero-order valence-electron chi connectivity index (χ0n) is 13.0. The van der Waals surface area contributed by atoms with Gasteiger partial charge in [-0.05, 0) is 37.2 Å². The fourth-order valence-electron chi connectivity index (χ4n) is 1.81. The average molecular weight is 276 g/mol. The van der Waals surface area contributed by atoms with Crippen molar-refractivity contribution >= 4 is 19.4 Å². The molecule has 0 aliphatic rings. The Labute approximate surface area is 116 Å². The van der Waals surface area contributed by atoms with Crippen molar-refractivity contribution in [2.75, 3.05) is 0 Å². The zero-order valence-corrected chi connectivity index (χ0v) is 14.0. The monoisotopic (exact) mass is 276 g/mol. The Morgan fingerprint density at radius 1 is 1.21 bits per heavy atom. The molecule has 104 valence electrons. The van der Waals surface area contributed by atoms with Crippen LogP contribution >= 0.6 is 0 Å². The number of fused-ring (bicyclic) bond motifs is 1. The maximum Gasteiger partial charge on any atom is 0.250 e. The van der Waals surface area contributed by atoms with E-state index < -0.39 is 8.32 Å². The predicted octanol–water partition coefficient (Wildman–Crippen LogP) is 4.27. The van der Waals surface area contributed by atoms with Gasteiger partial charge in [0.2, 0.25) is 8.32 Å². The summed E-state index contributed by atoms with van der Waals surface area (Å²) in [5.74, 6) is 1.97. The van der Waals surface area contributed by atoms with Crippen LogP contribution in [0.15, 0.2) is 18.2 Å². The van der Waals surface area contributed by atoms with Crippen molar-refractivity contribution in [1.29, 1.82) is 0 Å². The first-order valence-corrected chi connectivity index (χ1v) is 9.65. The molecule has 0 spiro atoms. The first-order chi connectivity index (χ1) is 8.62. The van der Waals surface area contributed by atoms with E-state index in [-0.39, 0.29) is 5.04 Å². The summed E-state index contributed by atoms with van der Waals surface area (Å²) in [5.41, 5.74) is 2.16. The van der Waals surface area contributed by atoms with Crippen LogP contribution in [-0.4, -0.2) is 17.9 Å². The highest BCUT2D eigenvalue weighted by molar-refractivity contribution is 6.74. The molecule has 2 aromatic rings. The molecule has 3 nitrogen and oxygen atoms in total. The lowest BCUT2D eigenvalue weighted by atomic mass is 10.2. The van der Waals surface area contributed by atoms with Crippen molar-refractivity contribution in [3.05, 3.63) is 24.0 Å². The van der Waals surface area contributed by atoms with Gasteiger partial charge in [0.25, 0.3) is 0 Å². The number of aryl methyl sites for hydroxylation is 2. The van der Waals surface area contributed by atoms with E-state index in [4.69, 9.17) is 4.43 Å². The second-order valence-corrected chi connectivity index (χ2v) is 11.5. The highest BCUT2D eigenvalue weighted by Crippen LogP contribution is 2.37. The lowest BCUT2D eigenvalue weighted by Gasteiger charge is -2.36. The van der Waals surface area contributed by atoms with E-state index in [2.05, 4.69) is 61.6 Å². The molecule has 0 radical (unpaired) electrons. The number of benzene rings is 1. The van der Waals surface area contributed by atoms with Crippen molar-refractivity contribution in [2.24, 2.45) is 7.05 Å². The molecule has 0 aliphatic heterocycles. The second-order valence-electron chi connectivity index (χ2n) is 6.73. The van der Waals surface area contributed by atoms with Gasteiger partial charge in [-0.1, -0.05) is 20.8 Å². The summed E-state index contributed by atoms with van der Waals surface area (Å²) >= 11 is 0. The third-order valence-electron chi connectivity index (χ3n) is 4.26. The normalized spacial score (nSPS) is 13.0. The summed E-state index contributed by atoms with van der Waals surface area (Å²) in [6.07, 6.45) is 0. The van der Waals surface area contributed by atoms with Crippen LogP contribution in [0, 0.1) is 6.92 Å². The summed E-state index contributed by atoms with van der Waals surface area (Å²) in [6.45, 7) is 13.3. The third-order valence-corrected chi connectivity index (χ3v) is 8.61. The number of aromatic nitrogens is 2. The van der Waals surface area contributed by atoms with Gasteiger partial charge in [0, 0.05) is 13.1 Å². The number of rotatable bonds is 2. The molecule has 0 aliphatic carbocycles. The van der Waals surface area contributed by atoms with Crippen molar-refractivity contribution in [1.82, 2.24) is 9.55 Å². The SMILES string of the molecule is Cc1nc2cc(O[Si](C)(C)C(C)(C)C)ccc2n1C. The molecule has 19 heavy (non-hydrogen) atoms. The molecule has 1 aromatic heterocycles. The van der Waals surface area contributed by atoms with E-state index in [9.17, 15) is 0 Å². The molecule has 0 amide bonds. The molecule has 1 aromatic carbocycles. The quantitative estimate of drug-likeness (QED) is 0.766. The van der Waals surface area contributed by atoms with Gasteiger partial charge >= 0.3 is 0 Å². The first kappa shape index (κ1) is 14.1. The van der Waals surface area contributed by atoms with Gasteiger partial charge in [-0.15, -0.1) is 0 Å². The van der Waals surface area contributed by atoms with Crippen molar-refractivity contribution in [3.63, 3.8) is 0 Å². The summed E-state index contributed by atoms with van der Waals surface area (Å²) in [5, 5.41) is 0.210. The lowest BCUT2D eigenvalue weighted by molar-refractivity contribution is 0.492. The zero-order chi connectivity index (χ0) is 14.4. The Bertz CT molecular complexity index is 608. The molecular weight excluding hydrogens is 252 g/mol. The smallest absolute Gasteiger partial charge is 0.250 e. The Kier molecular flexibility index (Phi) is 3.25. The highest BCUT2D eigenvalue weighted by atomic mass is 28.4. The van der Waals surface area contributed by atoms with E-state index in [1.165, 1.54) is 0 Å². The molecule has 0 N–H and O–H groups in total. The van der Waals surface area contributed by atoms with E-state index in [1.807, 2.05) is 14.0 Å². The van der Waals surface area contributed by atoms with Crippen LogP contribution in [0.5, 0.6) is 5.75 Å². The summed E-state index contributed by atoms with van der Waals surface area (Å²) in [6, 6.07) is 6.21. The molecule has 0 unspecified atom stereocenters. The second kappa shape index (κ2) is 4.37. The van der Waals surface area contributed by atoms with Crippen LogP contribution in [0.1, 0.15) is 26.6 Å².